The summed E-state index contributed by atoms with van der Waals surface area (Å²) in [6.07, 6.45) is 0. The SMILES string of the molecule is Cc1nn(C)c2sc(C(=O)N(C)Cc3ccc(C(C)(C)C)cc3)cc12. The number of hydrogen-bond acceptors (Lipinski definition) is 3. The van der Waals surface area contributed by atoms with Crippen LogP contribution in [-0.2, 0) is 19.0 Å². The summed E-state index contributed by atoms with van der Waals surface area (Å²) < 4.78 is 1.84. The molecule has 0 saturated carbocycles. The summed E-state index contributed by atoms with van der Waals surface area (Å²) in [6.45, 7) is 9.19. The number of carbonyl (C=O) groups is 1. The molecule has 0 N–H and O–H groups in total. The molecule has 0 atom stereocenters. The third-order valence-electron chi connectivity index (χ3n) is 4.49. The Bertz CT molecular complexity index is 878. The van der Waals surface area contributed by atoms with E-state index in [-0.39, 0.29) is 11.3 Å². The molecule has 0 aliphatic heterocycles. The van der Waals surface area contributed by atoms with Crippen LogP contribution in [0.15, 0.2) is 30.3 Å². The normalized spacial score (nSPS) is 11.9. The molecule has 3 rings (SSSR count). The Balaban J connectivity index is 1.76. The Hall–Kier alpha value is -2.14. The Morgan fingerprint density at radius 3 is 2.44 bits per heavy atom. The molecule has 0 unspecified atom stereocenters. The van der Waals surface area contributed by atoms with Gasteiger partial charge in [0.25, 0.3) is 5.91 Å². The van der Waals surface area contributed by atoms with Crippen LogP contribution < -0.4 is 0 Å². The number of fused-ring (bicyclic) bond motifs is 1. The summed E-state index contributed by atoms with van der Waals surface area (Å²) >= 11 is 1.51. The van der Waals surface area contributed by atoms with Gasteiger partial charge in [-0.3, -0.25) is 9.48 Å². The summed E-state index contributed by atoms with van der Waals surface area (Å²) in [4.78, 5) is 16.4. The third-order valence-corrected chi connectivity index (χ3v) is 5.68. The van der Waals surface area contributed by atoms with Crippen molar-refractivity contribution in [2.75, 3.05) is 7.05 Å². The summed E-state index contributed by atoms with van der Waals surface area (Å²) in [5.41, 5.74) is 3.55. The maximum Gasteiger partial charge on any atom is 0.264 e. The summed E-state index contributed by atoms with van der Waals surface area (Å²) in [5.74, 6) is 0.0560. The molecular weight excluding hydrogens is 330 g/mol. The average Bonchev–Trinajstić information content (AvgIpc) is 3.08. The van der Waals surface area contributed by atoms with Gasteiger partial charge >= 0.3 is 0 Å². The lowest BCUT2D eigenvalue weighted by molar-refractivity contribution is 0.0790. The fraction of sp³-hybridized carbons (Fsp3) is 0.400. The highest BCUT2D eigenvalue weighted by atomic mass is 32.1. The van der Waals surface area contributed by atoms with Crippen molar-refractivity contribution in [3.05, 3.63) is 52.0 Å². The van der Waals surface area contributed by atoms with E-state index in [9.17, 15) is 4.79 Å². The first-order valence-corrected chi connectivity index (χ1v) is 9.26. The molecule has 25 heavy (non-hydrogen) atoms. The van der Waals surface area contributed by atoms with Crippen LogP contribution in [0.5, 0.6) is 0 Å². The van der Waals surface area contributed by atoms with Gasteiger partial charge < -0.3 is 4.90 Å². The van der Waals surface area contributed by atoms with Gasteiger partial charge in [0, 0.05) is 26.0 Å². The molecule has 5 heteroatoms. The zero-order valence-electron chi connectivity index (χ0n) is 15.8. The molecule has 0 spiro atoms. The van der Waals surface area contributed by atoms with E-state index < -0.39 is 0 Å². The van der Waals surface area contributed by atoms with Crippen molar-refractivity contribution in [3.63, 3.8) is 0 Å². The first kappa shape index (κ1) is 17.7. The maximum absolute atomic E-state index is 12.8. The number of carbonyl (C=O) groups excluding carboxylic acids is 1. The molecule has 0 bridgehead atoms. The van der Waals surface area contributed by atoms with Crippen molar-refractivity contribution in [2.45, 2.75) is 39.7 Å². The predicted octanol–water partition coefficient (Wildman–Crippen LogP) is 4.51. The van der Waals surface area contributed by atoms with E-state index in [4.69, 9.17) is 0 Å². The van der Waals surface area contributed by atoms with Gasteiger partial charge in [-0.1, -0.05) is 45.0 Å². The van der Waals surface area contributed by atoms with Gasteiger partial charge in [-0.2, -0.15) is 5.10 Å². The zero-order chi connectivity index (χ0) is 18.4. The van der Waals surface area contributed by atoms with Gasteiger partial charge in [-0.05, 0) is 29.5 Å². The van der Waals surface area contributed by atoms with E-state index in [1.165, 1.54) is 16.9 Å². The van der Waals surface area contributed by atoms with Crippen molar-refractivity contribution in [2.24, 2.45) is 7.05 Å². The van der Waals surface area contributed by atoms with Crippen molar-refractivity contribution in [1.82, 2.24) is 14.7 Å². The van der Waals surface area contributed by atoms with Crippen LogP contribution in [-0.4, -0.2) is 27.6 Å². The van der Waals surface area contributed by atoms with E-state index >= 15 is 0 Å². The number of thiophene rings is 1. The van der Waals surface area contributed by atoms with Crippen molar-refractivity contribution < 1.29 is 4.79 Å². The highest BCUT2D eigenvalue weighted by Crippen LogP contribution is 2.29. The van der Waals surface area contributed by atoms with E-state index in [2.05, 4.69) is 50.1 Å². The Morgan fingerprint density at radius 1 is 1.24 bits per heavy atom. The number of nitrogens with zero attached hydrogens (tertiary/aromatic N) is 3. The van der Waals surface area contributed by atoms with Gasteiger partial charge in [-0.15, -0.1) is 11.3 Å². The number of amides is 1. The van der Waals surface area contributed by atoms with Crippen LogP contribution >= 0.6 is 11.3 Å². The van der Waals surface area contributed by atoms with Crippen molar-refractivity contribution in [3.8, 4) is 0 Å². The number of benzene rings is 1. The summed E-state index contributed by atoms with van der Waals surface area (Å²) in [5, 5.41) is 5.46. The molecule has 0 radical (unpaired) electrons. The molecule has 2 aromatic heterocycles. The molecular formula is C20H25N3OS. The van der Waals surface area contributed by atoms with Crippen LogP contribution in [0, 0.1) is 6.92 Å². The van der Waals surface area contributed by atoms with Crippen LogP contribution in [0.3, 0.4) is 0 Å². The topological polar surface area (TPSA) is 38.1 Å². The van der Waals surface area contributed by atoms with E-state index in [0.29, 0.717) is 6.54 Å². The second-order valence-electron chi connectivity index (χ2n) is 7.65. The van der Waals surface area contributed by atoms with Crippen LogP contribution in [0.4, 0.5) is 0 Å². The standard InChI is InChI=1S/C20H25N3OS/c1-13-16-11-17(25-19(16)23(6)21-13)18(24)22(5)12-14-7-9-15(10-8-14)20(2,3)4/h7-11H,12H2,1-6H3. The maximum atomic E-state index is 12.8. The first-order chi connectivity index (χ1) is 11.7. The fourth-order valence-corrected chi connectivity index (χ4v) is 4.07. The second-order valence-corrected chi connectivity index (χ2v) is 8.68. The van der Waals surface area contributed by atoms with E-state index in [0.717, 1.165) is 26.4 Å². The lowest BCUT2D eigenvalue weighted by Gasteiger charge is -2.20. The van der Waals surface area contributed by atoms with Crippen molar-refractivity contribution in [1.29, 1.82) is 0 Å². The van der Waals surface area contributed by atoms with Gasteiger partial charge in [0.1, 0.15) is 4.83 Å². The van der Waals surface area contributed by atoms with Crippen LogP contribution in [0.25, 0.3) is 10.2 Å². The molecule has 3 aromatic rings. The molecule has 2 heterocycles. The minimum Gasteiger partial charge on any atom is -0.337 e. The van der Waals surface area contributed by atoms with Gasteiger partial charge in [0.15, 0.2) is 0 Å². The number of aromatic nitrogens is 2. The zero-order valence-corrected chi connectivity index (χ0v) is 16.6. The Labute approximate surface area is 153 Å². The van der Waals surface area contributed by atoms with Gasteiger partial charge in [-0.25, -0.2) is 0 Å². The fourth-order valence-electron chi connectivity index (χ4n) is 2.95. The smallest absolute Gasteiger partial charge is 0.264 e. The third kappa shape index (κ3) is 3.47. The first-order valence-electron chi connectivity index (χ1n) is 8.45. The Kier molecular flexibility index (Phi) is 4.45. The number of hydrogen-bond donors (Lipinski definition) is 0. The van der Waals surface area contributed by atoms with E-state index in [1.54, 1.807) is 4.90 Å². The van der Waals surface area contributed by atoms with E-state index in [1.807, 2.05) is 31.8 Å². The molecule has 0 fully saturated rings. The average molecular weight is 356 g/mol. The molecule has 4 nitrogen and oxygen atoms in total. The minimum atomic E-state index is 0.0560. The van der Waals surface area contributed by atoms with Crippen LogP contribution in [0.1, 0.15) is 47.3 Å². The summed E-state index contributed by atoms with van der Waals surface area (Å²) in [7, 11) is 3.77. The minimum absolute atomic E-state index is 0.0560. The summed E-state index contributed by atoms with van der Waals surface area (Å²) in [6, 6.07) is 10.5. The molecule has 0 saturated heterocycles. The molecule has 0 aliphatic rings. The molecule has 0 aliphatic carbocycles. The quantitative estimate of drug-likeness (QED) is 0.693. The largest absolute Gasteiger partial charge is 0.337 e. The van der Waals surface area contributed by atoms with Gasteiger partial charge in [0.2, 0.25) is 0 Å². The van der Waals surface area contributed by atoms with Crippen LogP contribution in [0.2, 0.25) is 0 Å². The highest BCUT2D eigenvalue weighted by Gasteiger charge is 2.19. The lowest BCUT2D eigenvalue weighted by Crippen LogP contribution is -2.25. The molecule has 132 valence electrons. The predicted molar refractivity (Wildman–Crippen MR) is 104 cm³/mol. The molecule has 1 amide bonds. The second kappa shape index (κ2) is 6.30. The Morgan fingerprint density at radius 2 is 1.88 bits per heavy atom. The lowest BCUT2D eigenvalue weighted by atomic mass is 9.87. The number of aryl methyl sites for hydroxylation is 2. The van der Waals surface area contributed by atoms with Gasteiger partial charge in [0.05, 0.1) is 10.6 Å². The monoisotopic (exact) mass is 355 g/mol. The number of rotatable bonds is 3. The molecule has 1 aromatic carbocycles. The van der Waals surface area contributed by atoms with Crippen molar-refractivity contribution >= 4 is 27.5 Å². The highest BCUT2D eigenvalue weighted by molar-refractivity contribution is 7.20.